The summed E-state index contributed by atoms with van der Waals surface area (Å²) in [7, 11) is 11.8. The first-order valence-corrected chi connectivity index (χ1v) is 32.4. The number of aromatic nitrogens is 6. The van der Waals surface area contributed by atoms with Gasteiger partial charge >= 0.3 is 0 Å². The van der Waals surface area contributed by atoms with Gasteiger partial charge in [-0.2, -0.15) is 29.9 Å². The normalized spacial score (nSPS) is 32.6. The second kappa shape index (κ2) is 23.6. The zero-order valence-corrected chi connectivity index (χ0v) is 55.2. The summed E-state index contributed by atoms with van der Waals surface area (Å²) >= 11 is 0. The van der Waals surface area contributed by atoms with Crippen LogP contribution in [0.5, 0.6) is 0 Å². The highest BCUT2D eigenvalue weighted by atomic mass is 15.4. The second-order valence-corrected chi connectivity index (χ2v) is 30.5. The first kappa shape index (κ1) is 62.7. The van der Waals surface area contributed by atoms with Crippen LogP contribution in [-0.2, 0) is 0 Å². The Kier molecular flexibility index (Phi) is 18.5. The molecule has 4 saturated heterocycles. The Balaban J connectivity index is 1.15. The second-order valence-electron chi connectivity index (χ2n) is 30.5. The van der Waals surface area contributed by atoms with E-state index in [2.05, 4.69) is 195 Å². The molecule has 2 aromatic rings. The van der Waals surface area contributed by atoms with Gasteiger partial charge in [-0.05, 0) is 208 Å². The number of nitrogens with one attached hydrogen (secondary N) is 1. The zero-order valence-electron chi connectivity index (χ0n) is 55.2. The van der Waals surface area contributed by atoms with Crippen LogP contribution in [-0.4, -0.2) is 192 Å². The van der Waals surface area contributed by atoms with Crippen molar-refractivity contribution in [2.75, 3.05) is 104 Å². The van der Waals surface area contributed by atoms with Crippen LogP contribution in [0.2, 0.25) is 0 Å². The molecule has 8 atom stereocenters. The van der Waals surface area contributed by atoms with E-state index in [0.29, 0.717) is 36.7 Å². The Morgan fingerprint density at radius 2 is 0.675 bits per heavy atom. The van der Waals surface area contributed by atoms with Gasteiger partial charge in [0.2, 0.25) is 35.7 Å². The molecule has 1 N–H and O–H groups in total. The molecular formula is C64H118N16. The van der Waals surface area contributed by atoms with Gasteiger partial charge in [-0.1, -0.05) is 53.4 Å². The summed E-state index contributed by atoms with van der Waals surface area (Å²) in [5.74, 6) is 4.81. The van der Waals surface area contributed by atoms with Crippen molar-refractivity contribution in [2.45, 2.75) is 301 Å². The smallest absolute Gasteiger partial charge is 0.232 e. The number of fused-ring (bicyclic) bond motifs is 12. The Morgan fingerprint density at radius 3 is 0.950 bits per heavy atom. The first-order chi connectivity index (χ1) is 37.4. The predicted octanol–water partition coefficient (Wildman–Crippen LogP) is 11.8. The van der Waals surface area contributed by atoms with Crippen molar-refractivity contribution in [3.05, 3.63) is 0 Å². The van der Waals surface area contributed by atoms with Gasteiger partial charge in [-0.3, -0.25) is 19.6 Å². The molecule has 16 nitrogen and oxygen atoms in total. The average molecular weight is 1110 g/mol. The maximum atomic E-state index is 5.64. The highest BCUT2D eigenvalue weighted by molar-refractivity contribution is 5.50. The van der Waals surface area contributed by atoms with Gasteiger partial charge in [0, 0.05) is 115 Å². The van der Waals surface area contributed by atoms with Gasteiger partial charge in [-0.15, -0.1) is 0 Å². The minimum Gasteiger partial charge on any atom is -0.354 e. The van der Waals surface area contributed by atoms with Crippen LogP contribution >= 0.6 is 0 Å². The first-order valence-electron chi connectivity index (χ1n) is 32.4. The number of likely N-dealkylation sites (tertiary alicyclic amines) is 4. The van der Waals surface area contributed by atoms with Gasteiger partial charge in [0.05, 0.1) is 0 Å². The highest BCUT2D eigenvalue weighted by Crippen LogP contribution is 2.52. The Labute approximate surface area is 488 Å². The van der Waals surface area contributed by atoms with Crippen molar-refractivity contribution < 1.29 is 0 Å². The Hall–Kier alpha value is -3.34. The van der Waals surface area contributed by atoms with Gasteiger partial charge in [-0.25, -0.2) is 0 Å². The van der Waals surface area contributed by atoms with Crippen molar-refractivity contribution in [2.24, 2.45) is 0 Å². The maximum absolute atomic E-state index is 5.64. The van der Waals surface area contributed by atoms with Crippen LogP contribution in [0.1, 0.15) is 233 Å². The van der Waals surface area contributed by atoms with E-state index in [1.165, 1.54) is 0 Å². The largest absolute Gasteiger partial charge is 0.354 e. The van der Waals surface area contributed by atoms with Crippen LogP contribution in [0, 0.1) is 0 Å². The molecule has 12 bridgehead atoms. The summed E-state index contributed by atoms with van der Waals surface area (Å²) in [5, 5.41) is 3.83. The SMILES string of the molecule is CCCCN1c2nc(NCCCN(C)c3nc4nc(n3)N(CCCC)C3CC(C)(C)N(C)C(C)(C3)CC3(C)CC(CC(C)(C)N3C)N4CCCC)nc(n2)N(CCCC)C2CC(C)(C)N(C)C(C)(C2)CC2(C)CC1CC(C)(C)N2C. The van der Waals surface area contributed by atoms with Crippen molar-refractivity contribution in [3.8, 4) is 0 Å². The molecule has 0 radical (unpaired) electrons. The van der Waals surface area contributed by atoms with Crippen LogP contribution in [0.15, 0.2) is 0 Å². The van der Waals surface area contributed by atoms with Crippen molar-refractivity contribution >= 4 is 35.7 Å². The molecule has 0 spiro atoms. The third-order valence-corrected chi connectivity index (χ3v) is 22.3. The standard InChI is InChI=1S/C64H118N16/c1-22-26-33-77-47-37-57(5,6)73(18)61(13,41-47)45-62(14)42-48(38-58(7,8)74(62)19)78(34-27-23-2)54-67-51(66-53(77)70-54)65-31-30-32-72(17)52-68-55-71-56(69-52)80(36-29-25-4)50-40-60(11,12)76(21)64(16,44-50)46-63(15)43-49(79(55)35-28-24-3)39-59(9,10)75(63)20/h47-50H,22-46H2,1-21H3,(H,65,66,67,70). The zero-order chi connectivity index (χ0) is 58.6. The molecule has 16 heteroatoms. The molecule has 0 saturated carbocycles. The minimum absolute atomic E-state index is 0.00679. The summed E-state index contributed by atoms with van der Waals surface area (Å²) < 4.78 is 0. The van der Waals surface area contributed by atoms with E-state index in [4.69, 9.17) is 29.9 Å². The van der Waals surface area contributed by atoms with Gasteiger partial charge in [0.15, 0.2) is 0 Å². The topological polar surface area (TPSA) is 119 Å². The third kappa shape index (κ3) is 12.6. The molecule has 454 valence electrons. The number of nitrogens with zero attached hydrogens (tertiary/aromatic N) is 15. The summed E-state index contributed by atoms with van der Waals surface area (Å²) in [6, 6.07) is 1.16. The van der Waals surface area contributed by atoms with Crippen LogP contribution in [0.25, 0.3) is 0 Å². The van der Waals surface area contributed by atoms with E-state index in [1.807, 2.05) is 0 Å². The Morgan fingerprint density at radius 1 is 0.400 bits per heavy atom. The molecule has 8 rings (SSSR count). The number of rotatable bonds is 18. The maximum Gasteiger partial charge on any atom is 0.232 e. The monoisotopic (exact) mass is 1110 g/mol. The number of hydrogen-bond acceptors (Lipinski definition) is 16. The van der Waals surface area contributed by atoms with E-state index in [1.54, 1.807) is 0 Å². The molecule has 0 amide bonds. The Bertz CT molecular complexity index is 2250. The lowest BCUT2D eigenvalue weighted by Crippen LogP contribution is -2.70. The summed E-state index contributed by atoms with van der Waals surface area (Å²) in [4.78, 5) is 57.0. The molecule has 6 aliphatic heterocycles. The van der Waals surface area contributed by atoms with Crippen molar-refractivity contribution in [1.82, 2.24) is 49.5 Å². The number of anilines is 6. The van der Waals surface area contributed by atoms with E-state index in [-0.39, 0.29) is 44.3 Å². The third-order valence-electron chi connectivity index (χ3n) is 22.3. The van der Waals surface area contributed by atoms with E-state index < -0.39 is 0 Å². The van der Waals surface area contributed by atoms with E-state index in [9.17, 15) is 0 Å². The van der Waals surface area contributed by atoms with Gasteiger partial charge in [0.25, 0.3) is 0 Å². The average Bonchev–Trinajstić information content (AvgIpc) is 3.44. The summed E-state index contributed by atoms with van der Waals surface area (Å²) in [6.45, 7) is 44.5. The predicted molar refractivity (Wildman–Crippen MR) is 337 cm³/mol. The molecule has 0 aliphatic carbocycles. The molecule has 2 aromatic heterocycles. The highest BCUT2D eigenvalue weighted by Gasteiger charge is 2.57. The lowest BCUT2D eigenvalue weighted by Gasteiger charge is -2.63. The molecule has 4 fully saturated rings. The number of piperidine rings is 4. The summed E-state index contributed by atoms with van der Waals surface area (Å²) in [5.41, 5.74) is -0.138. The number of hydrogen-bond donors (Lipinski definition) is 1. The summed E-state index contributed by atoms with van der Waals surface area (Å²) in [6.07, 6.45) is 20.4. The molecule has 80 heavy (non-hydrogen) atoms. The quantitative estimate of drug-likeness (QED) is 0.143. The van der Waals surface area contributed by atoms with Gasteiger partial charge < -0.3 is 29.8 Å². The molecule has 6 aliphatic rings. The molecule has 8 unspecified atom stereocenters. The minimum atomic E-state index is -0.0277. The van der Waals surface area contributed by atoms with Crippen LogP contribution in [0.4, 0.5) is 35.7 Å². The molecule has 0 aromatic carbocycles. The fourth-order valence-electron chi connectivity index (χ4n) is 17.1. The molecular weight excluding hydrogens is 993 g/mol. The van der Waals surface area contributed by atoms with Gasteiger partial charge in [0.1, 0.15) is 0 Å². The fraction of sp³-hybridized carbons (Fsp3) is 0.906. The van der Waals surface area contributed by atoms with E-state index in [0.717, 1.165) is 184 Å². The lowest BCUT2D eigenvalue weighted by molar-refractivity contribution is -0.0917. The van der Waals surface area contributed by atoms with Crippen molar-refractivity contribution in [3.63, 3.8) is 0 Å². The molecule has 8 heterocycles. The lowest BCUT2D eigenvalue weighted by atomic mass is 9.66. The van der Waals surface area contributed by atoms with Crippen LogP contribution in [0.3, 0.4) is 0 Å². The van der Waals surface area contributed by atoms with Crippen LogP contribution < -0.4 is 29.8 Å². The fourth-order valence-corrected chi connectivity index (χ4v) is 17.1. The van der Waals surface area contributed by atoms with E-state index >= 15 is 0 Å². The van der Waals surface area contributed by atoms with Crippen molar-refractivity contribution in [1.29, 1.82) is 0 Å². The number of unbranched alkanes of at least 4 members (excludes halogenated alkanes) is 4.